The SMILES string of the molecule is COC(=O)C(C)(CN(C)CCc1ccccc1)NC1CC1. The Labute approximate surface area is 127 Å². The van der Waals surface area contributed by atoms with Gasteiger partial charge in [-0.25, -0.2) is 0 Å². The first-order valence-electron chi connectivity index (χ1n) is 7.62. The summed E-state index contributed by atoms with van der Waals surface area (Å²) in [5.41, 5.74) is 0.695. The molecule has 1 unspecified atom stereocenters. The Kier molecular flexibility index (Phi) is 5.37. The zero-order valence-electron chi connectivity index (χ0n) is 13.3. The first-order valence-corrected chi connectivity index (χ1v) is 7.62. The number of methoxy groups -OCH3 is 1. The Morgan fingerprint density at radius 2 is 2.05 bits per heavy atom. The van der Waals surface area contributed by atoms with Gasteiger partial charge in [-0.3, -0.25) is 10.1 Å². The molecule has 0 saturated heterocycles. The summed E-state index contributed by atoms with van der Waals surface area (Å²) in [5.74, 6) is -0.180. The molecule has 21 heavy (non-hydrogen) atoms. The van der Waals surface area contributed by atoms with Crippen LogP contribution in [0, 0.1) is 0 Å². The predicted octanol–water partition coefficient (Wildman–Crippen LogP) is 1.84. The molecule has 4 nitrogen and oxygen atoms in total. The van der Waals surface area contributed by atoms with E-state index in [2.05, 4.69) is 41.5 Å². The van der Waals surface area contributed by atoms with E-state index in [0.717, 1.165) is 25.8 Å². The second-order valence-corrected chi connectivity index (χ2v) is 6.22. The molecule has 1 fully saturated rings. The molecule has 0 aliphatic heterocycles. The van der Waals surface area contributed by atoms with Gasteiger partial charge in [0.2, 0.25) is 0 Å². The Bertz CT molecular complexity index is 459. The predicted molar refractivity (Wildman–Crippen MR) is 84.2 cm³/mol. The van der Waals surface area contributed by atoms with Crippen LogP contribution < -0.4 is 5.32 Å². The molecule has 1 N–H and O–H groups in total. The number of likely N-dealkylation sites (N-methyl/N-ethyl adjacent to an activating group) is 1. The molecule has 1 aromatic rings. The van der Waals surface area contributed by atoms with Crippen molar-refractivity contribution in [3.05, 3.63) is 35.9 Å². The van der Waals surface area contributed by atoms with Crippen LogP contribution in [0.25, 0.3) is 0 Å². The minimum Gasteiger partial charge on any atom is -0.468 e. The summed E-state index contributed by atoms with van der Waals surface area (Å²) in [4.78, 5) is 14.3. The first-order chi connectivity index (χ1) is 10.0. The lowest BCUT2D eigenvalue weighted by molar-refractivity contribution is -0.148. The van der Waals surface area contributed by atoms with Gasteiger partial charge in [-0.15, -0.1) is 0 Å². The minimum absolute atomic E-state index is 0.180. The van der Waals surface area contributed by atoms with Gasteiger partial charge in [0.1, 0.15) is 5.54 Å². The number of hydrogen-bond acceptors (Lipinski definition) is 4. The van der Waals surface area contributed by atoms with Crippen molar-refractivity contribution >= 4 is 5.97 Å². The van der Waals surface area contributed by atoms with E-state index in [-0.39, 0.29) is 5.97 Å². The van der Waals surface area contributed by atoms with Crippen LogP contribution in [-0.2, 0) is 16.0 Å². The van der Waals surface area contributed by atoms with Crippen LogP contribution in [0.5, 0.6) is 0 Å². The largest absolute Gasteiger partial charge is 0.468 e. The van der Waals surface area contributed by atoms with Gasteiger partial charge in [-0.1, -0.05) is 30.3 Å². The van der Waals surface area contributed by atoms with E-state index in [9.17, 15) is 4.79 Å². The number of carbonyl (C=O) groups excluding carboxylic acids is 1. The molecule has 1 aliphatic carbocycles. The molecule has 116 valence electrons. The number of ether oxygens (including phenoxy) is 1. The summed E-state index contributed by atoms with van der Waals surface area (Å²) in [7, 11) is 3.51. The van der Waals surface area contributed by atoms with Crippen LogP contribution in [0.15, 0.2) is 30.3 Å². The number of esters is 1. The maximum atomic E-state index is 12.1. The standard InChI is InChI=1S/C17H26N2O2/c1-17(16(20)21-3,18-15-9-10-15)13-19(2)12-11-14-7-5-4-6-8-14/h4-8,15,18H,9-13H2,1-3H3. The van der Waals surface area contributed by atoms with Crippen molar-refractivity contribution in [3.63, 3.8) is 0 Å². The maximum absolute atomic E-state index is 12.1. The second kappa shape index (κ2) is 7.05. The summed E-state index contributed by atoms with van der Waals surface area (Å²) in [5, 5.41) is 3.43. The highest BCUT2D eigenvalue weighted by molar-refractivity contribution is 5.80. The molecule has 1 aromatic carbocycles. The molecule has 1 atom stereocenters. The highest BCUT2D eigenvalue weighted by atomic mass is 16.5. The van der Waals surface area contributed by atoms with Crippen molar-refractivity contribution in [2.24, 2.45) is 0 Å². The maximum Gasteiger partial charge on any atom is 0.327 e. The Hall–Kier alpha value is -1.39. The van der Waals surface area contributed by atoms with Crippen LogP contribution in [0.1, 0.15) is 25.3 Å². The topological polar surface area (TPSA) is 41.6 Å². The van der Waals surface area contributed by atoms with Crippen molar-refractivity contribution in [2.45, 2.75) is 37.8 Å². The van der Waals surface area contributed by atoms with Gasteiger partial charge in [-0.05, 0) is 38.8 Å². The molecular weight excluding hydrogens is 264 g/mol. The summed E-state index contributed by atoms with van der Waals surface area (Å²) >= 11 is 0. The number of hydrogen-bond donors (Lipinski definition) is 1. The fraction of sp³-hybridized carbons (Fsp3) is 0.588. The Balaban J connectivity index is 1.88. The van der Waals surface area contributed by atoms with Crippen LogP contribution in [0.3, 0.4) is 0 Å². The number of benzene rings is 1. The molecule has 0 radical (unpaired) electrons. The quantitative estimate of drug-likeness (QED) is 0.742. The molecule has 1 aliphatic rings. The Morgan fingerprint density at radius 3 is 2.62 bits per heavy atom. The fourth-order valence-corrected chi connectivity index (χ4v) is 2.66. The third-order valence-corrected chi connectivity index (χ3v) is 3.95. The van der Waals surface area contributed by atoms with Gasteiger partial charge >= 0.3 is 5.97 Å². The summed E-state index contributed by atoms with van der Waals surface area (Å²) in [6.07, 6.45) is 3.29. The van der Waals surface area contributed by atoms with Crippen molar-refractivity contribution in [1.82, 2.24) is 10.2 Å². The molecule has 0 aromatic heterocycles. The van der Waals surface area contributed by atoms with Crippen LogP contribution in [0.4, 0.5) is 0 Å². The lowest BCUT2D eigenvalue weighted by Gasteiger charge is -2.32. The van der Waals surface area contributed by atoms with Gasteiger partial charge in [0.05, 0.1) is 7.11 Å². The third kappa shape index (κ3) is 4.83. The zero-order chi connectivity index (χ0) is 15.3. The van der Waals surface area contributed by atoms with Crippen molar-refractivity contribution < 1.29 is 9.53 Å². The van der Waals surface area contributed by atoms with E-state index < -0.39 is 5.54 Å². The molecular formula is C17H26N2O2. The smallest absolute Gasteiger partial charge is 0.327 e. The van der Waals surface area contributed by atoms with Crippen LogP contribution in [0.2, 0.25) is 0 Å². The van der Waals surface area contributed by atoms with Gasteiger partial charge in [-0.2, -0.15) is 0 Å². The van der Waals surface area contributed by atoms with E-state index in [1.54, 1.807) is 0 Å². The van der Waals surface area contributed by atoms with E-state index in [4.69, 9.17) is 4.74 Å². The molecule has 2 rings (SSSR count). The van der Waals surface area contributed by atoms with E-state index in [1.165, 1.54) is 12.7 Å². The Morgan fingerprint density at radius 1 is 1.38 bits per heavy atom. The van der Waals surface area contributed by atoms with Crippen molar-refractivity contribution in [2.75, 3.05) is 27.2 Å². The number of carbonyl (C=O) groups is 1. The number of nitrogens with zero attached hydrogens (tertiary/aromatic N) is 1. The molecule has 0 heterocycles. The molecule has 0 spiro atoms. The number of nitrogens with one attached hydrogen (secondary N) is 1. The lowest BCUT2D eigenvalue weighted by Crippen LogP contribution is -2.57. The monoisotopic (exact) mass is 290 g/mol. The zero-order valence-corrected chi connectivity index (χ0v) is 13.3. The average Bonchev–Trinajstić information content (AvgIpc) is 3.29. The van der Waals surface area contributed by atoms with E-state index >= 15 is 0 Å². The normalized spacial score (nSPS) is 17.5. The highest BCUT2D eigenvalue weighted by Crippen LogP contribution is 2.23. The first kappa shape index (κ1) is 16.0. The molecule has 0 amide bonds. The van der Waals surface area contributed by atoms with Gasteiger partial charge in [0.25, 0.3) is 0 Å². The van der Waals surface area contributed by atoms with E-state index in [1.807, 2.05) is 13.0 Å². The lowest BCUT2D eigenvalue weighted by atomic mass is 10.0. The van der Waals surface area contributed by atoms with E-state index in [0.29, 0.717) is 12.6 Å². The fourth-order valence-electron chi connectivity index (χ4n) is 2.66. The van der Waals surface area contributed by atoms with Crippen molar-refractivity contribution in [3.8, 4) is 0 Å². The van der Waals surface area contributed by atoms with Crippen LogP contribution in [-0.4, -0.2) is 49.7 Å². The second-order valence-electron chi connectivity index (χ2n) is 6.22. The van der Waals surface area contributed by atoms with Crippen molar-refractivity contribution in [1.29, 1.82) is 0 Å². The molecule has 0 bridgehead atoms. The summed E-state index contributed by atoms with van der Waals surface area (Å²) in [6, 6.07) is 10.9. The summed E-state index contributed by atoms with van der Waals surface area (Å²) < 4.78 is 4.98. The van der Waals surface area contributed by atoms with Gasteiger partial charge in [0.15, 0.2) is 0 Å². The van der Waals surface area contributed by atoms with Crippen LogP contribution >= 0.6 is 0 Å². The molecule has 4 heteroatoms. The summed E-state index contributed by atoms with van der Waals surface area (Å²) in [6.45, 7) is 3.52. The number of rotatable bonds is 8. The van der Waals surface area contributed by atoms with Gasteiger partial charge < -0.3 is 9.64 Å². The minimum atomic E-state index is -0.624. The molecule has 1 saturated carbocycles. The van der Waals surface area contributed by atoms with Gasteiger partial charge in [0, 0.05) is 19.1 Å². The third-order valence-electron chi connectivity index (χ3n) is 3.95. The average molecular weight is 290 g/mol. The highest BCUT2D eigenvalue weighted by Gasteiger charge is 2.40.